The molecule has 0 nitrogen and oxygen atoms in total. The highest BCUT2D eigenvalue weighted by Gasteiger charge is 2.47. The number of allylic oxidation sites excluding steroid dienone is 7. The largest absolute Gasteiger partial charge is 0.0985 e. The average Bonchev–Trinajstić information content (AvgIpc) is 3.99. The number of hydrogen-bond acceptors (Lipinski definition) is 0. The Morgan fingerprint density at radius 1 is 0.660 bits per heavy atom. The number of fused-ring (bicyclic) bond motifs is 5. The molecule has 1 fully saturated rings. The molecule has 0 heteroatoms. The fraction of sp³-hybridized carbons (Fsp3) is 0.160. The third kappa shape index (κ3) is 4.51. The molecule has 3 aliphatic rings. The second-order valence-electron chi connectivity index (χ2n) is 14.6. The monoisotopic (exact) mass is 640 g/mol. The van der Waals surface area contributed by atoms with Gasteiger partial charge in [0.2, 0.25) is 0 Å². The van der Waals surface area contributed by atoms with Crippen molar-refractivity contribution in [1.82, 2.24) is 0 Å². The SMILES string of the molecule is C=C/C(=C\CCC)c1ccc(-c2ccc3ccc4c(-c5ccc(-c6cccc7c6C6CC6C6=C7C=CCC6)cc5)ccc5ccc2c3c54)cc1. The molecule has 0 heterocycles. The van der Waals surface area contributed by atoms with Crippen LogP contribution in [0.15, 0.2) is 152 Å². The third-order valence-corrected chi connectivity index (χ3v) is 11.8. The summed E-state index contributed by atoms with van der Waals surface area (Å²) in [5.74, 6) is 1.46. The Morgan fingerprint density at radius 3 is 1.90 bits per heavy atom. The first-order chi connectivity index (χ1) is 24.7. The van der Waals surface area contributed by atoms with Crippen molar-refractivity contribution in [3.05, 3.63) is 168 Å². The van der Waals surface area contributed by atoms with Crippen LogP contribution in [-0.4, -0.2) is 0 Å². The molecule has 0 N–H and O–H groups in total. The van der Waals surface area contributed by atoms with Crippen LogP contribution in [0.4, 0.5) is 0 Å². The van der Waals surface area contributed by atoms with Crippen molar-refractivity contribution in [3.63, 3.8) is 0 Å². The van der Waals surface area contributed by atoms with Crippen LogP contribution < -0.4 is 0 Å². The summed E-state index contributed by atoms with van der Waals surface area (Å²) in [6.07, 6.45) is 15.0. The van der Waals surface area contributed by atoms with Gasteiger partial charge in [-0.15, -0.1) is 0 Å². The van der Waals surface area contributed by atoms with Gasteiger partial charge in [0, 0.05) is 0 Å². The maximum Gasteiger partial charge on any atom is -0.00203 e. The Kier molecular flexibility index (Phi) is 6.81. The van der Waals surface area contributed by atoms with Crippen molar-refractivity contribution in [2.24, 2.45) is 5.92 Å². The van der Waals surface area contributed by atoms with E-state index in [4.69, 9.17) is 0 Å². The molecule has 0 spiro atoms. The fourth-order valence-corrected chi connectivity index (χ4v) is 9.27. The van der Waals surface area contributed by atoms with Crippen LogP contribution in [0, 0.1) is 5.92 Å². The molecule has 1 saturated carbocycles. The van der Waals surface area contributed by atoms with Crippen LogP contribution in [0.3, 0.4) is 0 Å². The molecule has 3 aliphatic carbocycles. The minimum absolute atomic E-state index is 0.693. The van der Waals surface area contributed by atoms with E-state index in [1.165, 1.54) is 107 Å². The van der Waals surface area contributed by atoms with E-state index in [2.05, 4.69) is 147 Å². The van der Waals surface area contributed by atoms with Gasteiger partial charge in [0.15, 0.2) is 0 Å². The molecule has 7 aromatic rings. The van der Waals surface area contributed by atoms with E-state index in [0.29, 0.717) is 5.92 Å². The van der Waals surface area contributed by atoms with Crippen molar-refractivity contribution in [3.8, 4) is 33.4 Å². The van der Waals surface area contributed by atoms with Gasteiger partial charge in [-0.25, -0.2) is 0 Å². The zero-order valence-corrected chi connectivity index (χ0v) is 28.7. The Hall–Kier alpha value is -5.46. The summed E-state index contributed by atoms with van der Waals surface area (Å²) < 4.78 is 0. The molecule has 10 rings (SSSR count). The molecular weight excluding hydrogens is 601 g/mol. The minimum atomic E-state index is 0.693. The molecule has 0 saturated heterocycles. The van der Waals surface area contributed by atoms with Crippen molar-refractivity contribution in [2.45, 2.75) is 44.9 Å². The van der Waals surface area contributed by atoms with Crippen molar-refractivity contribution in [1.29, 1.82) is 0 Å². The summed E-state index contributed by atoms with van der Waals surface area (Å²) in [7, 11) is 0. The van der Waals surface area contributed by atoms with Gasteiger partial charge < -0.3 is 0 Å². The zero-order chi connectivity index (χ0) is 33.3. The predicted molar refractivity (Wildman–Crippen MR) is 216 cm³/mol. The van der Waals surface area contributed by atoms with Gasteiger partial charge in [-0.3, -0.25) is 0 Å². The topological polar surface area (TPSA) is 0 Å². The number of rotatable bonds is 7. The molecule has 0 bridgehead atoms. The highest BCUT2D eigenvalue weighted by molar-refractivity contribution is 6.27. The van der Waals surface area contributed by atoms with Crippen LogP contribution in [0.25, 0.3) is 76.8 Å². The molecule has 7 aromatic carbocycles. The summed E-state index contributed by atoms with van der Waals surface area (Å²) in [5, 5.41) is 7.93. The summed E-state index contributed by atoms with van der Waals surface area (Å²) >= 11 is 0. The van der Waals surface area contributed by atoms with Crippen LogP contribution in [0.1, 0.15) is 61.6 Å². The number of benzene rings is 7. The van der Waals surface area contributed by atoms with Crippen LogP contribution in [-0.2, 0) is 0 Å². The van der Waals surface area contributed by atoms with E-state index in [-0.39, 0.29) is 0 Å². The highest BCUT2D eigenvalue weighted by Crippen LogP contribution is 2.62. The van der Waals surface area contributed by atoms with E-state index in [0.717, 1.165) is 18.8 Å². The van der Waals surface area contributed by atoms with Crippen LogP contribution in [0.2, 0.25) is 0 Å². The van der Waals surface area contributed by atoms with Gasteiger partial charge in [0.25, 0.3) is 0 Å². The van der Waals surface area contributed by atoms with Gasteiger partial charge >= 0.3 is 0 Å². The first-order valence-corrected chi connectivity index (χ1v) is 18.5. The van der Waals surface area contributed by atoms with Crippen molar-refractivity contribution in [2.75, 3.05) is 0 Å². The van der Waals surface area contributed by atoms with E-state index < -0.39 is 0 Å². The second-order valence-corrected chi connectivity index (χ2v) is 14.6. The maximum absolute atomic E-state index is 4.07. The van der Waals surface area contributed by atoms with E-state index in [9.17, 15) is 0 Å². The normalized spacial score (nSPS) is 18.1. The number of unbranched alkanes of at least 4 members (excludes halogenated alkanes) is 1. The van der Waals surface area contributed by atoms with Crippen LogP contribution >= 0.6 is 0 Å². The lowest BCUT2D eigenvalue weighted by Crippen LogP contribution is -2.07. The van der Waals surface area contributed by atoms with Gasteiger partial charge in [-0.2, -0.15) is 0 Å². The van der Waals surface area contributed by atoms with E-state index in [1.807, 2.05) is 6.08 Å². The zero-order valence-electron chi connectivity index (χ0n) is 28.7. The summed E-state index contributed by atoms with van der Waals surface area (Å²) in [6, 6.07) is 43.9. The first-order valence-electron chi connectivity index (χ1n) is 18.5. The predicted octanol–water partition coefficient (Wildman–Crippen LogP) is 14.2. The molecule has 0 aromatic heterocycles. The molecule has 2 atom stereocenters. The highest BCUT2D eigenvalue weighted by atomic mass is 14.5. The van der Waals surface area contributed by atoms with Crippen LogP contribution in [0.5, 0.6) is 0 Å². The second kappa shape index (κ2) is 11.6. The Bertz CT molecular complexity index is 2570. The molecular formula is C50H40. The maximum atomic E-state index is 4.07. The molecule has 50 heavy (non-hydrogen) atoms. The molecule has 0 aliphatic heterocycles. The van der Waals surface area contributed by atoms with Crippen molar-refractivity contribution < 1.29 is 0 Å². The van der Waals surface area contributed by atoms with Gasteiger partial charge in [-0.1, -0.05) is 165 Å². The minimum Gasteiger partial charge on any atom is -0.0985 e. The first kappa shape index (κ1) is 29.5. The van der Waals surface area contributed by atoms with E-state index in [1.54, 1.807) is 11.1 Å². The quantitative estimate of drug-likeness (QED) is 0.120. The smallest absolute Gasteiger partial charge is 0.00203 e. The molecule has 2 unspecified atom stereocenters. The summed E-state index contributed by atoms with van der Waals surface area (Å²) in [4.78, 5) is 0. The lowest BCUT2D eigenvalue weighted by molar-refractivity contribution is 0.817. The molecule has 0 radical (unpaired) electrons. The number of hydrogen-bond donors (Lipinski definition) is 0. The standard InChI is InChI=1S/C50H40/c1-3-5-9-31(4-2)32-14-16-33(17-15-32)38-26-22-36-25-29-45-39(27-23-37-24-28-44(38)48(36)49(37)45)34-18-20-35(21-19-34)40-12-8-13-43-41-10-6-7-11-42(41)46-30-47(46)50(40)43/h4,6,8-10,12-29,46-47H,2-3,5,7,11,30H2,1H3/b31-9+. The molecule has 240 valence electrons. The van der Waals surface area contributed by atoms with Gasteiger partial charge in [0.05, 0.1) is 0 Å². The third-order valence-electron chi connectivity index (χ3n) is 11.8. The molecule has 0 amide bonds. The lowest BCUT2D eigenvalue weighted by Gasteiger charge is -2.26. The van der Waals surface area contributed by atoms with E-state index >= 15 is 0 Å². The fourth-order valence-electron chi connectivity index (χ4n) is 9.27. The van der Waals surface area contributed by atoms with Gasteiger partial charge in [0.1, 0.15) is 0 Å². The average molecular weight is 641 g/mol. The Labute approximate surface area is 295 Å². The Balaban J connectivity index is 1.05. The lowest BCUT2D eigenvalue weighted by atomic mass is 9.78. The summed E-state index contributed by atoms with van der Waals surface area (Å²) in [6.45, 7) is 6.28. The van der Waals surface area contributed by atoms with Gasteiger partial charge in [-0.05, 0) is 131 Å². The van der Waals surface area contributed by atoms with Crippen molar-refractivity contribution >= 4 is 43.5 Å². The Morgan fingerprint density at radius 2 is 1.26 bits per heavy atom. The summed E-state index contributed by atoms with van der Waals surface area (Å²) in [5.41, 5.74) is 16.6.